The second-order valence-electron chi connectivity index (χ2n) is 7.12. The molecule has 0 radical (unpaired) electrons. The van der Waals surface area contributed by atoms with E-state index < -0.39 is 5.97 Å². The molecule has 0 aromatic heterocycles. The van der Waals surface area contributed by atoms with Crippen LogP contribution in [-0.4, -0.2) is 61.9 Å². The molecule has 1 saturated carbocycles. The molecule has 1 fully saturated rings. The number of hydrogen-bond donors (Lipinski definition) is 1. The van der Waals surface area contributed by atoms with Gasteiger partial charge in [0.2, 0.25) is 0 Å². The molecule has 0 saturated heterocycles. The monoisotopic (exact) mass is 382 g/mol. The van der Waals surface area contributed by atoms with Gasteiger partial charge in [-0.2, -0.15) is 0 Å². The van der Waals surface area contributed by atoms with Crippen LogP contribution in [0.3, 0.4) is 0 Å². The van der Waals surface area contributed by atoms with E-state index in [2.05, 4.69) is 23.8 Å². The van der Waals surface area contributed by atoms with E-state index in [-0.39, 0.29) is 0 Å². The number of carboxylic acids is 1. The van der Waals surface area contributed by atoms with Crippen molar-refractivity contribution in [1.29, 1.82) is 0 Å². The summed E-state index contributed by atoms with van der Waals surface area (Å²) in [5, 5.41) is 9.93. The lowest BCUT2D eigenvalue weighted by Gasteiger charge is -2.41. The molecule has 0 heterocycles. The van der Waals surface area contributed by atoms with Gasteiger partial charge in [0.05, 0.1) is 12.2 Å². The van der Waals surface area contributed by atoms with Gasteiger partial charge >= 0.3 is 5.97 Å². The number of aromatic carboxylic acids is 1. The molecular weight excluding hydrogens is 352 g/mol. The molecule has 0 unspecified atom stereocenters. The Morgan fingerprint density at radius 3 is 2.42 bits per heavy atom. The number of ether oxygens (including phenoxy) is 1. The van der Waals surface area contributed by atoms with E-state index in [1.54, 1.807) is 7.11 Å². The van der Waals surface area contributed by atoms with Crippen molar-refractivity contribution in [3.05, 3.63) is 28.3 Å². The van der Waals surface area contributed by atoms with Crippen LogP contribution in [0, 0.1) is 6.92 Å². The van der Waals surface area contributed by atoms with Gasteiger partial charge in [-0.25, -0.2) is 4.79 Å². The standard InChI is InChI=1S/C20H31ClN2O3/c1-5-23(19-13-15(21)12-18(14(19)2)20(24)25)17-8-6-16(7-9-17)22(3)10-11-26-4/h12-13,16-17H,5-11H2,1-4H3,(H,24,25)/t16-,17-. The van der Waals surface area contributed by atoms with Crippen LogP contribution < -0.4 is 4.90 Å². The Hall–Kier alpha value is -1.30. The first-order valence-electron chi connectivity index (χ1n) is 9.38. The van der Waals surface area contributed by atoms with Crippen LogP contribution in [0.4, 0.5) is 5.69 Å². The SMILES string of the molecule is CCN(c1cc(Cl)cc(C(=O)O)c1C)[C@H]1CC[C@H](N(C)CCOC)CC1. The predicted octanol–water partition coefficient (Wildman–Crippen LogP) is 4.06. The van der Waals surface area contributed by atoms with E-state index in [0.29, 0.717) is 22.7 Å². The highest BCUT2D eigenvalue weighted by Crippen LogP contribution is 2.34. The Kier molecular flexibility index (Phi) is 7.74. The van der Waals surface area contributed by atoms with Crippen LogP contribution in [-0.2, 0) is 4.74 Å². The van der Waals surface area contributed by atoms with Crippen LogP contribution in [0.2, 0.25) is 5.02 Å². The summed E-state index contributed by atoms with van der Waals surface area (Å²) in [6.45, 7) is 6.56. The summed E-state index contributed by atoms with van der Waals surface area (Å²) in [6, 6.07) is 4.46. The Labute approximate surface area is 161 Å². The van der Waals surface area contributed by atoms with Crippen molar-refractivity contribution >= 4 is 23.3 Å². The Bertz CT molecular complexity index is 615. The summed E-state index contributed by atoms with van der Waals surface area (Å²) >= 11 is 6.21. The van der Waals surface area contributed by atoms with E-state index in [0.717, 1.165) is 56.6 Å². The minimum absolute atomic E-state index is 0.291. The fraction of sp³-hybridized carbons (Fsp3) is 0.650. The van der Waals surface area contributed by atoms with Crippen molar-refractivity contribution in [3.63, 3.8) is 0 Å². The van der Waals surface area contributed by atoms with Crippen molar-refractivity contribution < 1.29 is 14.6 Å². The van der Waals surface area contributed by atoms with E-state index in [4.69, 9.17) is 16.3 Å². The topological polar surface area (TPSA) is 53.0 Å². The highest BCUT2D eigenvalue weighted by Gasteiger charge is 2.28. The first-order chi connectivity index (χ1) is 12.4. The van der Waals surface area contributed by atoms with Crippen LogP contribution in [0.15, 0.2) is 12.1 Å². The van der Waals surface area contributed by atoms with Gasteiger partial charge in [0.15, 0.2) is 0 Å². The molecule has 26 heavy (non-hydrogen) atoms. The molecule has 2 rings (SSSR count). The van der Waals surface area contributed by atoms with Crippen LogP contribution >= 0.6 is 11.6 Å². The van der Waals surface area contributed by atoms with Crippen LogP contribution in [0.5, 0.6) is 0 Å². The number of hydrogen-bond acceptors (Lipinski definition) is 4. The van der Waals surface area contributed by atoms with Crippen LogP contribution in [0.1, 0.15) is 48.5 Å². The zero-order valence-corrected chi connectivity index (χ0v) is 17.1. The average molecular weight is 383 g/mol. The zero-order chi connectivity index (χ0) is 19.3. The number of rotatable bonds is 8. The molecule has 1 aliphatic rings. The molecule has 1 aliphatic carbocycles. The van der Waals surface area contributed by atoms with Crippen molar-refractivity contribution in [2.45, 2.75) is 51.6 Å². The Morgan fingerprint density at radius 2 is 1.88 bits per heavy atom. The summed E-state index contributed by atoms with van der Waals surface area (Å²) in [5.74, 6) is -0.925. The average Bonchev–Trinajstić information content (AvgIpc) is 2.63. The van der Waals surface area contributed by atoms with Crippen molar-refractivity contribution in [1.82, 2.24) is 4.90 Å². The van der Waals surface area contributed by atoms with E-state index >= 15 is 0 Å². The molecule has 1 aromatic rings. The number of methoxy groups -OCH3 is 1. The molecule has 1 N–H and O–H groups in total. The molecule has 0 spiro atoms. The Morgan fingerprint density at radius 1 is 1.27 bits per heavy atom. The minimum atomic E-state index is -0.925. The molecule has 6 heteroatoms. The summed E-state index contributed by atoms with van der Waals surface area (Å²) in [4.78, 5) is 16.2. The van der Waals surface area contributed by atoms with Crippen molar-refractivity contribution in [3.8, 4) is 0 Å². The molecule has 0 atom stereocenters. The molecule has 0 bridgehead atoms. The first-order valence-corrected chi connectivity index (χ1v) is 9.76. The maximum atomic E-state index is 11.5. The number of carboxylic acid groups (broad SMARTS) is 1. The van der Waals surface area contributed by atoms with Gasteiger partial charge in [-0.05, 0) is 64.3 Å². The van der Waals surface area contributed by atoms with Gasteiger partial charge in [-0.1, -0.05) is 11.6 Å². The largest absolute Gasteiger partial charge is 0.478 e. The number of carbonyl (C=O) groups is 1. The maximum absolute atomic E-state index is 11.5. The smallest absolute Gasteiger partial charge is 0.336 e. The highest BCUT2D eigenvalue weighted by molar-refractivity contribution is 6.31. The summed E-state index contributed by atoms with van der Waals surface area (Å²) in [5.41, 5.74) is 2.04. The molecule has 146 valence electrons. The molecule has 5 nitrogen and oxygen atoms in total. The summed E-state index contributed by atoms with van der Waals surface area (Å²) in [7, 11) is 3.91. The van der Waals surface area contributed by atoms with Gasteiger partial charge < -0.3 is 19.6 Å². The van der Waals surface area contributed by atoms with Crippen molar-refractivity contribution in [2.24, 2.45) is 0 Å². The lowest BCUT2D eigenvalue weighted by Crippen LogP contribution is -2.44. The van der Waals surface area contributed by atoms with Gasteiger partial charge in [-0.3, -0.25) is 0 Å². The quantitative estimate of drug-likeness (QED) is 0.734. The minimum Gasteiger partial charge on any atom is -0.478 e. The first kappa shape index (κ1) is 21.0. The summed E-state index contributed by atoms with van der Waals surface area (Å²) < 4.78 is 5.18. The molecular formula is C20H31ClN2O3. The molecule has 1 aromatic carbocycles. The van der Waals surface area contributed by atoms with Crippen LogP contribution in [0.25, 0.3) is 0 Å². The normalized spacial score (nSPS) is 20.4. The van der Waals surface area contributed by atoms with E-state index in [9.17, 15) is 9.90 Å². The number of anilines is 1. The number of likely N-dealkylation sites (N-methyl/N-ethyl adjacent to an activating group) is 1. The fourth-order valence-corrected chi connectivity index (χ4v) is 4.25. The molecule has 0 amide bonds. The second-order valence-corrected chi connectivity index (χ2v) is 7.56. The third-order valence-electron chi connectivity index (χ3n) is 5.60. The van der Waals surface area contributed by atoms with Crippen molar-refractivity contribution in [2.75, 3.05) is 38.8 Å². The second kappa shape index (κ2) is 9.58. The number of nitrogens with zero attached hydrogens (tertiary/aromatic N) is 2. The maximum Gasteiger partial charge on any atom is 0.336 e. The Balaban J connectivity index is 2.12. The van der Waals surface area contributed by atoms with Gasteiger partial charge in [0.25, 0.3) is 0 Å². The molecule has 0 aliphatic heterocycles. The van der Waals surface area contributed by atoms with E-state index in [1.165, 1.54) is 6.07 Å². The highest BCUT2D eigenvalue weighted by atomic mass is 35.5. The van der Waals surface area contributed by atoms with E-state index in [1.807, 2.05) is 13.0 Å². The third-order valence-corrected chi connectivity index (χ3v) is 5.82. The number of benzene rings is 1. The summed E-state index contributed by atoms with van der Waals surface area (Å²) in [6.07, 6.45) is 4.49. The fourth-order valence-electron chi connectivity index (χ4n) is 4.04. The number of halogens is 1. The lowest BCUT2D eigenvalue weighted by molar-refractivity contribution is 0.0696. The zero-order valence-electron chi connectivity index (χ0n) is 16.3. The predicted molar refractivity (Wildman–Crippen MR) is 107 cm³/mol. The van der Waals surface area contributed by atoms with Gasteiger partial charge in [0, 0.05) is 43.0 Å². The third kappa shape index (κ3) is 4.90. The lowest BCUT2D eigenvalue weighted by atomic mass is 9.88. The van der Waals surface area contributed by atoms with Gasteiger partial charge in [-0.15, -0.1) is 0 Å². The van der Waals surface area contributed by atoms with Gasteiger partial charge in [0.1, 0.15) is 0 Å².